The summed E-state index contributed by atoms with van der Waals surface area (Å²) in [6, 6.07) is 9.31. The molecule has 5 nitrogen and oxygen atoms in total. The minimum atomic E-state index is -0.420. The highest BCUT2D eigenvalue weighted by Gasteiger charge is 2.14. The zero-order chi connectivity index (χ0) is 14.7. The smallest absolute Gasteiger partial charge is 0.249 e. The fraction of sp³-hybridized carbons (Fsp3) is 0.375. The van der Waals surface area contributed by atoms with Crippen LogP contribution in [-0.4, -0.2) is 30.5 Å². The second-order valence-electron chi connectivity index (χ2n) is 5.51. The van der Waals surface area contributed by atoms with Gasteiger partial charge in [0.05, 0.1) is 11.1 Å². The number of fused-ring (bicyclic) bond motifs is 1. The number of para-hydroxylation sites is 1. The summed E-state index contributed by atoms with van der Waals surface area (Å²) in [5.41, 5.74) is 6.78. The summed E-state index contributed by atoms with van der Waals surface area (Å²) in [5.74, 6) is 1.03. The zero-order valence-electron chi connectivity index (χ0n) is 11.9. The summed E-state index contributed by atoms with van der Waals surface area (Å²) >= 11 is 0. The van der Waals surface area contributed by atoms with Crippen LogP contribution in [0.2, 0.25) is 0 Å². The number of rotatable bonds is 5. The fourth-order valence-electron chi connectivity index (χ4n) is 2.84. The van der Waals surface area contributed by atoms with E-state index in [4.69, 9.17) is 5.73 Å². The Morgan fingerprint density at radius 3 is 3.05 bits per heavy atom. The highest BCUT2D eigenvalue weighted by Crippen LogP contribution is 2.21. The zero-order valence-corrected chi connectivity index (χ0v) is 11.9. The molecule has 0 aliphatic carbocycles. The number of nitrogens with two attached hydrogens (primary N) is 1. The van der Waals surface area contributed by atoms with Gasteiger partial charge in [0.15, 0.2) is 0 Å². The molecule has 110 valence electrons. The van der Waals surface area contributed by atoms with Gasteiger partial charge in [-0.15, -0.1) is 0 Å². The molecule has 1 unspecified atom stereocenters. The summed E-state index contributed by atoms with van der Waals surface area (Å²) in [5, 5.41) is 7.48. The van der Waals surface area contributed by atoms with E-state index in [0.29, 0.717) is 11.4 Å². The van der Waals surface area contributed by atoms with E-state index in [1.54, 1.807) is 6.07 Å². The van der Waals surface area contributed by atoms with Crippen LogP contribution >= 0.6 is 0 Å². The Morgan fingerprint density at radius 1 is 1.43 bits per heavy atom. The minimum Gasteiger partial charge on any atom is -0.370 e. The van der Waals surface area contributed by atoms with Crippen molar-refractivity contribution in [1.29, 1.82) is 0 Å². The average Bonchev–Trinajstić information content (AvgIpc) is 2.99. The first-order chi connectivity index (χ1) is 10.2. The molecule has 1 fully saturated rings. The lowest BCUT2D eigenvalue weighted by atomic mass is 10.1. The maximum atomic E-state index is 11.6. The number of aromatic nitrogens is 1. The third kappa shape index (κ3) is 3.13. The Balaban J connectivity index is 1.76. The highest BCUT2D eigenvalue weighted by atomic mass is 16.1. The van der Waals surface area contributed by atoms with Crippen LogP contribution in [0.5, 0.6) is 0 Å². The standard InChI is InChI=1S/C16H20N4O/c17-16(21)13-9-15(19-8-6-11-5-7-18-10-11)20-14-4-2-1-3-12(13)14/h1-4,9,11,18H,5-8,10H2,(H2,17,21)(H,19,20). The molecule has 0 radical (unpaired) electrons. The normalized spacial score (nSPS) is 18.0. The third-order valence-corrected chi connectivity index (χ3v) is 4.00. The van der Waals surface area contributed by atoms with E-state index in [1.165, 1.54) is 6.42 Å². The molecule has 21 heavy (non-hydrogen) atoms. The van der Waals surface area contributed by atoms with Gasteiger partial charge in [0.1, 0.15) is 5.82 Å². The maximum absolute atomic E-state index is 11.6. The summed E-state index contributed by atoms with van der Waals surface area (Å²) in [6.45, 7) is 3.07. The number of hydrogen-bond acceptors (Lipinski definition) is 4. The van der Waals surface area contributed by atoms with Gasteiger partial charge in [0.25, 0.3) is 0 Å². The summed E-state index contributed by atoms with van der Waals surface area (Å²) in [6.07, 6.45) is 2.34. The number of nitrogens with one attached hydrogen (secondary N) is 2. The van der Waals surface area contributed by atoms with E-state index < -0.39 is 5.91 Å². The van der Waals surface area contributed by atoms with Crippen LogP contribution in [0, 0.1) is 5.92 Å². The lowest BCUT2D eigenvalue weighted by Crippen LogP contribution is -2.15. The Bertz CT molecular complexity index is 650. The molecule has 2 aromatic rings. The van der Waals surface area contributed by atoms with Crippen LogP contribution in [-0.2, 0) is 0 Å². The van der Waals surface area contributed by atoms with E-state index in [1.807, 2.05) is 24.3 Å². The largest absolute Gasteiger partial charge is 0.370 e. The van der Waals surface area contributed by atoms with E-state index in [2.05, 4.69) is 15.6 Å². The van der Waals surface area contributed by atoms with Crippen molar-refractivity contribution in [3.63, 3.8) is 0 Å². The molecule has 3 rings (SSSR count). The molecule has 1 aliphatic heterocycles. The molecular weight excluding hydrogens is 264 g/mol. The van der Waals surface area contributed by atoms with Crippen molar-refractivity contribution >= 4 is 22.6 Å². The summed E-state index contributed by atoms with van der Waals surface area (Å²) < 4.78 is 0. The molecule has 4 N–H and O–H groups in total. The Labute approximate surface area is 123 Å². The molecule has 2 heterocycles. The number of nitrogens with zero attached hydrogens (tertiary/aromatic N) is 1. The molecule has 0 spiro atoms. The van der Waals surface area contributed by atoms with Crippen LogP contribution in [0.25, 0.3) is 10.9 Å². The van der Waals surface area contributed by atoms with Crippen molar-refractivity contribution in [3.05, 3.63) is 35.9 Å². The van der Waals surface area contributed by atoms with Crippen LogP contribution < -0.4 is 16.4 Å². The second kappa shape index (κ2) is 6.10. The molecule has 1 aromatic heterocycles. The molecule has 1 aliphatic rings. The van der Waals surface area contributed by atoms with E-state index in [-0.39, 0.29) is 0 Å². The van der Waals surface area contributed by atoms with Gasteiger partial charge < -0.3 is 16.4 Å². The van der Waals surface area contributed by atoms with Crippen molar-refractivity contribution in [2.75, 3.05) is 25.0 Å². The number of anilines is 1. The summed E-state index contributed by atoms with van der Waals surface area (Å²) in [4.78, 5) is 16.2. The van der Waals surface area contributed by atoms with Gasteiger partial charge in [-0.1, -0.05) is 18.2 Å². The number of pyridine rings is 1. The van der Waals surface area contributed by atoms with Crippen LogP contribution in [0.3, 0.4) is 0 Å². The van der Waals surface area contributed by atoms with Crippen LogP contribution in [0.1, 0.15) is 23.2 Å². The third-order valence-electron chi connectivity index (χ3n) is 4.00. The highest BCUT2D eigenvalue weighted by molar-refractivity contribution is 6.06. The first kappa shape index (κ1) is 13.8. The van der Waals surface area contributed by atoms with Crippen molar-refractivity contribution in [2.24, 2.45) is 11.7 Å². The van der Waals surface area contributed by atoms with Gasteiger partial charge in [-0.3, -0.25) is 4.79 Å². The quantitative estimate of drug-likeness (QED) is 0.781. The topological polar surface area (TPSA) is 80.0 Å². The first-order valence-corrected chi connectivity index (χ1v) is 7.38. The van der Waals surface area contributed by atoms with Crippen LogP contribution in [0.15, 0.2) is 30.3 Å². The Hall–Kier alpha value is -2.14. The van der Waals surface area contributed by atoms with Gasteiger partial charge >= 0.3 is 0 Å². The number of carbonyl (C=O) groups is 1. The monoisotopic (exact) mass is 284 g/mol. The first-order valence-electron chi connectivity index (χ1n) is 7.38. The number of hydrogen-bond donors (Lipinski definition) is 3. The number of primary amides is 1. The molecule has 5 heteroatoms. The van der Waals surface area contributed by atoms with Gasteiger partial charge in [0.2, 0.25) is 5.91 Å². The minimum absolute atomic E-state index is 0.420. The number of amides is 1. The number of carbonyl (C=O) groups excluding carboxylic acids is 1. The number of benzene rings is 1. The molecule has 0 bridgehead atoms. The molecule has 1 aromatic carbocycles. The predicted molar refractivity (Wildman–Crippen MR) is 84.3 cm³/mol. The molecule has 1 amide bonds. The van der Waals surface area contributed by atoms with Crippen molar-refractivity contribution in [3.8, 4) is 0 Å². The lowest BCUT2D eigenvalue weighted by molar-refractivity contribution is 0.100. The Kier molecular flexibility index (Phi) is 4.01. The van der Waals surface area contributed by atoms with E-state index in [0.717, 1.165) is 42.9 Å². The molecule has 1 saturated heterocycles. The summed E-state index contributed by atoms with van der Waals surface area (Å²) in [7, 11) is 0. The van der Waals surface area contributed by atoms with Crippen LogP contribution in [0.4, 0.5) is 5.82 Å². The van der Waals surface area contributed by atoms with Gasteiger partial charge in [-0.05, 0) is 44.0 Å². The average molecular weight is 284 g/mol. The van der Waals surface area contributed by atoms with E-state index >= 15 is 0 Å². The Morgan fingerprint density at radius 2 is 2.29 bits per heavy atom. The van der Waals surface area contributed by atoms with Gasteiger partial charge in [0, 0.05) is 11.9 Å². The molecule has 0 saturated carbocycles. The van der Waals surface area contributed by atoms with Gasteiger partial charge in [-0.25, -0.2) is 4.98 Å². The van der Waals surface area contributed by atoms with Crippen molar-refractivity contribution in [1.82, 2.24) is 10.3 Å². The lowest BCUT2D eigenvalue weighted by Gasteiger charge is -2.11. The maximum Gasteiger partial charge on any atom is 0.249 e. The molecule has 1 atom stereocenters. The van der Waals surface area contributed by atoms with E-state index in [9.17, 15) is 4.79 Å². The van der Waals surface area contributed by atoms with Gasteiger partial charge in [-0.2, -0.15) is 0 Å². The van der Waals surface area contributed by atoms with Crippen molar-refractivity contribution in [2.45, 2.75) is 12.8 Å². The second-order valence-corrected chi connectivity index (χ2v) is 5.51. The fourth-order valence-corrected chi connectivity index (χ4v) is 2.84. The predicted octanol–water partition coefficient (Wildman–Crippen LogP) is 1.75. The SMILES string of the molecule is NC(=O)c1cc(NCCC2CCNC2)nc2ccccc12. The van der Waals surface area contributed by atoms with Crippen molar-refractivity contribution < 1.29 is 4.79 Å². The molecular formula is C16H20N4O.